The van der Waals surface area contributed by atoms with Gasteiger partial charge in [0.15, 0.2) is 0 Å². The summed E-state index contributed by atoms with van der Waals surface area (Å²) in [5.74, 6) is 0.281. The average Bonchev–Trinajstić information content (AvgIpc) is 2.98. The number of rotatable bonds is 12. The highest BCUT2D eigenvalue weighted by Crippen LogP contribution is 2.44. The zero-order chi connectivity index (χ0) is 31.8. The minimum Gasteiger partial charge on any atom is -0.493 e. The maximum Gasteiger partial charge on any atom is 0.308 e. The fraction of sp³-hybridized carbons (Fsp3) is 0.459. The fourth-order valence-corrected chi connectivity index (χ4v) is 11.3. The van der Waals surface area contributed by atoms with Crippen molar-refractivity contribution in [2.24, 2.45) is 5.41 Å². The van der Waals surface area contributed by atoms with Crippen molar-refractivity contribution in [2.45, 2.75) is 91.5 Å². The predicted octanol–water partition coefficient (Wildman–Crippen LogP) is 7.53. The van der Waals surface area contributed by atoms with Gasteiger partial charge in [0.2, 0.25) is 0 Å². The van der Waals surface area contributed by atoms with E-state index >= 15 is 0 Å². The van der Waals surface area contributed by atoms with Gasteiger partial charge in [-0.05, 0) is 53.4 Å². The molecule has 6 nitrogen and oxygen atoms in total. The van der Waals surface area contributed by atoms with Crippen LogP contribution in [-0.2, 0) is 14.0 Å². The summed E-state index contributed by atoms with van der Waals surface area (Å²) >= 11 is 0. The second-order valence-electron chi connectivity index (χ2n) is 13.2. The normalized spacial score (nSPS) is 15.0. The van der Waals surface area contributed by atoms with Crippen molar-refractivity contribution in [2.75, 3.05) is 13.2 Å². The molecule has 1 fully saturated rings. The maximum atomic E-state index is 11.7. The Morgan fingerprint density at radius 1 is 0.750 bits per heavy atom. The first-order chi connectivity index (χ1) is 21.0. The van der Waals surface area contributed by atoms with Crippen LogP contribution in [-0.4, -0.2) is 33.5 Å². The molecule has 4 rings (SSSR count). The van der Waals surface area contributed by atoms with Crippen LogP contribution in [0.25, 0.3) is 0 Å². The molecule has 44 heavy (non-hydrogen) atoms. The van der Waals surface area contributed by atoms with Crippen LogP contribution in [0.2, 0.25) is 5.04 Å². The van der Waals surface area contributed by atoms with Gasteiger partial charge >= 0.3 is 11.9 Å². The van der Waals surface area contributed by atoms with Crippen LogP contribution in [0, 0.1) is 12.3 Å². The molecule has 1 aliphatic carbocycles. The summed E-state index contributed by atoms with van der Waals surface area (Å²) in [6, 6.07) is 24.9. The monoisotopic (exact) mass is 616 g/mol. The van der Waals surface area contributed by atoms with Crippen molar-refractivity contribution in [1.82, 2.24) is 0 Å². The molecule has 0 aliphatic heterocycles. The quantitative estimate of drug-likeness (QED) is 0.119. The van der Waals surface area contributed by atoms with Gasteiger partial charge < -0.3 is 18.6 Å². The smallest absolute Gasteiger partial charge is 0.308 e. The van der Waals surface area contributed by atoms with Crippen molar-refractivity contribution in [1.29, 1.82) is 0 Å². The summed E-state index contributed by atoms with van der Waals surface area (Å²) in [6.07, 6.45) is 7.81. The van der Waals surface area contributed by atoms with E-state index in [2.05, 4.69) is 81.4 Å². The molecule has 0 heterocycles. The van der Waals surface area contributed by atoms with E-state index in [-0.39, 0.29) is 10.5 Å². The molecule has 236 valence electrons. The van der Waals surface area contributed by atoms with E-state index in [1.807, 2.05) is 6.92 Å². The summed E-state index contributed by atoms with van der Waals surface area (Å²) in [7, 11) is -2.61. The van der Waals surface area contributed by atoms with Gasteiger partial charge in [-0.15, -0.1) is 0 Å². The van der Waals surface area contributed by atoms with Crippen LogP contribution >= 0.6 is 0 Å². The topological polar surface area (TPSA) is 71.1 Å². The standard InChI is InChI=1S/C37H48O6Si/c1-28-34(26-31(42-29(2)38)27-35(28)43-30(3)39)40-24-22-37(20-14-9-15-21-37)23-25-41-44(36(4,5)6,32-16-10-7-11-17-32)33-18-12-8-13-19-33/h7-8,10-13,16-19,26-27H,9,14-15,20-25H2,1-6H3. The lowest BCUT2D eigenvalue weighted by molar-refractivity contribution is -0.132. The highest BCUT2D eigenvalue weighted by Gasteiger charge is 2.50. The van der Waals surface area contributed by atoms with E-state index in [4.69, 9.17) is 18.6 Å². The predicted molar refractivity (Wildman–Crippen MR) is 178 cm³/mol. The minimum absolute atomic E-state index is 0.0668. The lowest BCUT2D eigenvalue weighted by Crippen LogP contribution is -2.66. The van der Waals surface area contributed by atoms with E-state index in [9.17, 15) is 9.59 Å². The number of ether oxygens (including phenoxy) is 3. The van der Waals surface area contributed by atoms with E-state index in [0.717, 1.165) is 25.7 Å². The summed E-state index contributed by atoms with van der Waals surface area (Å²) in [4.78, 5) is 23.3. The Morgan fingerprint density at radius 3 is 1.80 bits per heavy atom. The molecule has 0 spiro atoms. The van der Waals surface area contributed by atoms with Gasteiger partial charge in [-0.2, -0.15) is 0 Å². The molecule has 1 saturated carbocycles. The van der Waals surface area contributed by atoms with Crippen LogP contribution in [0.4, 0.5) is 0 Å². The van der Waals surface area contributed by atoms with E-state index in [1.54, 1.807) is 12.1 Å². The highest BCUT2D eigenvalue weighted by atomic mass is 28.4. The molecule has 0 saturated heterocycles. The number of hydrogen-bond acceptors (Lipinski definition) is 6. The van der Waals surface area contributed by atoms with Gasteiger partial charge in [0.05, 0.1) is 6.61 Å². The Balaban J connectivity index is 1.54. The van der Waals surface area contributed by atoms with E-state index in [1.165, 1.54) is 43.5 Å². The lowest BCUT2D eigenvalue weighted by Gasteiger charge is -2.44. The second kappa shape index (κ2) is 14.6. The number of carbonyl (C=O) groups is 2. The Hall–Kier alpha value is -3.42. The van der Waals surface area contributed by atoms with Crippen LogP contribution in [0.15, 0.2) is 72.8 Å². The summed E-state index contributed by atoms with van der Waals surface area (Å²) in [6.45, 7) is 12.7. The molecule has 0 radical (unpaired) electrons. The first kappa shape index (κ1) is 33.5. The number of carbonyl (C=O) groups excluding carboxylic acids is 2. The Labute approximate surface area is 264 Å². The van der Waals surface area contributed by atoms with Crippen LogP contribution in [0.1, 0.15) is 85.1 Å². The Kier molecular flexibility index (Phi) is 11.1. The first-order valence-electron chi connectivity index (χ1n) is 15.9. The van der Waals surface area contributed by atoms with Crippen LogP contribution < -0.4 is 24.6 Å². The summed E-state index contributed by atoms with van der Waals surface area (Å²) in [5, 5.41) is 2.53. The van der Waals surface area contributed by atoms with E-state index < -0.39 is 20.3 Å². The second-order valence-corrected chi connectivity index (χ2v) is 17.5. The van der Waals surface area contributed by atoms with Gasteiger partial charge in [-0.1, -0.05) is 101 Å². The third-order valence-electron chi connectivity index (χ3n) is 8.97. The van der Waals surface area contributed by atoms with Crippen molar-refractivity contribution in [3.63, 3.8) is 0 Å². The Morgan fingerprint density at radius 2 is 1.27 bits per heavy atom. The summed E-state index contributed by atoms with van der Waals surface area (Å²) in [5.41, 5.74) is 0.813. The molecule has 3 aromatic rings. The lowest BCUT2D eigenvalue weighted by atomic mass is 9.70. The maximum absolute atomic E-state index is 11.7. The molecule has 0 atom stereocenters. The molecule has 0 amide bonds. The number of esters is 2. The van der Waals surface area contributed by atoms with Crippen molar-refractivity contribution in [3.8, 4) is 17.2 Å². The fourth-order valence-electron chi connectivity index (χ4n) is 6.76. The van der Waals surface area contributed by atoms with Crippen molar-refractivity contribution in [3.05, 3.63) is 78.4 Å². The van der Waals surface area contributed by atoms with Crippen molar-refractivity contribution >= 4 is 30.6 Å². The molecule has 3 aromatic carbocycles. The zero-order valence-corrected chi connectivity index (χ0v) is 28.2. The minimum atomic E-state index is -2.61. The van der Waals surface area contributed by atoms with Crippen LogP contribution in [0.5, 0.6) is 17.2 Å². The molecule has 0 bridgehead atoms. The number of hydrogen-bond donors (Lipinski definition) is 0. The van der Waals surface area contributed by atoms with Gasteiger partial charge in [-0.3, -0.25) is 9.59 Å². The molecular formula is C37H48O6Si. The third kappa shape index (κ3) is 7.99. The SMILES string of the molecule is CC(=O)Oc1cc(OCCC2(CCO[Si](c3ccccc3)(c3ccccc3)C(C)(C)C)CCCCC2)c(C)c(OC(C)=O)c1. The highest BCUT2D eigenvalue weighted by molar-refractivity contribution is 6.99. The average molecular weight is 617 g/mol. The van der Waals surface area contributed by atoms with Gasteiger partial charge in [-0.25, -0.2) is 0 Å². The van der Waals surface area contributed by atoms with Crippen molar-refractivity contribution < 1.29 is 28.2 Å². The largest absolute Gasteiger partial charge is 0.493 e. The molecule has 0 aromatic heterocycles. The summed E-state index contributed by atoms with van der Waals surface area (Å²) < 4.78 is 24.3. The Bertz CT molecular complexity index is 1350. The van der Waals surface area contributed by atoms with E-state index in [0.29, 0.717) is 36.0 Å². The van der Waals surface area contributed by atoms with Gasteiger partial charge in [0.25, 0.3) is 8.32 Å². The van der Waals surface area contributed by atoms with Gasteiger partial charge in [0, 0.05) is 38.2 Å². The molecule has 0 unspecified atom stereocenters. The third-order valence-corrected chi connectivity index (χ3v) is 14.0. The molecular weight excluding hydrogens is 568 g/mol. The molecule has 1 aliphatic rings. The van der Waals surface area contributed by atoms with Gasteiger partial charge in [0.1, 0.15) is 17.2 Å². The number of benzene rings is 3. The molecule has 0 N–H and O–H groups in total. The zero-order valence-electron chi connectivity index (χ0n) is 27.2. The molecule has 7 heteroatoms. The first-order valence-corrected chi connectivity index (χ1v) is 17.8. The van der Waals surface area contributed by atoms with Crippen LogP contribution in [0.3, 0.4) is 0 Å².